The molecule has 5 unspecified atom stereocenters. The van der Waals surface area contributed by atoms with Crippen molar-refractivity contribution in [1.82, 2.24) is 0 Å². The van der Waals surface area contributed by atoms with E-state index in [1.807, 2.05) is 45.9 Å². The highest BCUT2D eigenvalue weighted by Crippen LogP contribution is 2.61. The smallest absolute Gasteiger partial charge is 0.411 e. The Morgan fingerprint density at radius 2 is 1.65 bits per heavy atom. The molecule has 5 rings (SSSR count). The Morgan fingerprint density at radius 3 is 2.38 bits per heavy atom. The van der Waals surface area contributed by atoms with E-state index in [0.717, 1.165) is 25.0 Å². The molecule has 3 aliphatic rings. The Balaban J connectivity index is 0.00000106. The van der Waals surface area contributed by atoms with Crippen LogP contribution in [0.25, 0.3) is 0 Å². The second kappa shape index (κ2) is 15.3. The first-order chi connectivity index (χ1) is 19.3. The van der Waals surface area contributed by atoms with Gasteiger partial charge in [0, 0.05) is 13.2 Å². The molecular weight excluding hydrogens is 513 g/mol. The van der Waals surface area contributed by atoms with E-state index >= 15 is 0 Å². The zero-order valence-electron chi connectivity index (χ0n) is 25.1. The summed E-state index contributed by atoms with van der Waals surface area (Å²) in [5.41, 5.74) is 4.28. The molecule has 2 aromatic rings. The molecule has 0 radical (unpaired) electrons. The van der Waals surface area contributed by atoms with Gasteiger partial charge in [-0.25, -0.2) is 0 Å². The normalized spacial score (nSPS) is 26.7. The fourth-order valence-electron chi connectivity index (χ4n) is 7.19. The van der Waals surface area contributed by atoms with Crippen molar-refractivity contribution in [2.75, 3.05) is 19.8 Å². The van der Waals surface area contributed by atoms with Crippen LogP contribution < -0.4 is 4.74 Å². The zero-order chi connectivity index (χ0) is 29.2. The highest BCUT2D eigenvalue weighted by Gasteiger charge is 2.55. The average Bonchev–Trinajstić information content (AvgIpc) is 3.31. The van der Waals surface area contributed by atoms with Gasteiger partial charge >= 0.3 is 6.18 Å². The summed E-state index contributed by atoms with van der Waals surface area (Å²) < 4.78 is 53.8. The van der Waals surface area contributed by atoms with Crippen molar-refractivity contribution in [3.05, 3.63) is 65.2 Å². The summed E-state index contributed by atoms with van der Waals surface area (Å²) in [5.74, 6) is 2.87. The minimum absolute atomic E-state index is 0.0882. The van der Waals surface area contributed by atoms with Gasteiger partial charge in [0.05, 0.1) is 6.10 Å². The van der Waals surface area contributed by atoms with Crippen molar-refractivity contribution in [3.63, 3.8) is 0 Å². The predicted molar refractivity (Wildman–Crippen MR) is 156 cm³/mol. The zero-order valence-corrected chi connectivity index (χ0v) is 25.1. The van der Waals surface area contributed by atoms with Crippen molar-refractivity contribution in [2.24, 2.45) is 17.3 Å². The lowest BCUT2D eigenvalue weighted by Gasteiger charge is -2.50. The van der Waals surface area contributed by atoms with Gasteiger partial charge in [-0.05, 0) is 96.9 Å². The summed E-state index contributed by atoms with van der Waals surface area (Å²) in [7, 11) is 0. The molecule has 6 heteroatoms. The SMILES string of the molecule is CC.CC.CC12CCC3c4ccc(OCc5ccccc5)cc4CCC3C1CCC2OCCCOCC(F)(F)F. The van der Waals surface area contributed by atoms with Crippen molar-refractivity contribution in [2.45, 2.75) is 104 Å². The Labute approximate surface area is 239 Å². The number of halogens is 3. The molecule has 40 heavy (non-hydrogen) atoms. The molecule has 0 amide bonds. The van der Waals surface area contributed by atoms with E-state index in [0.29, 0.717) is 37.4 Å². The standard InChI is InChI=1S/C30H37F3O3.2C2H6/c1-29-15-14-25-24-11-9-23(36-19-21-6-3-2-4-7-21)18-22(24)8-10-26(25)27(29)12-13-28(29)35-17-5-16-34-20-30(31,32)33;2*1-2/h2-4,6-7,9,11,18,25-28H,5,8,10,12-17,19-20H2,1H3;2*1-2H3. The third kappa shape index (κ3) is 8.03. The van der Waals surface area contributed by atoms with Crippen LogP contribution in [-0.2, 0) is 22.5 Å². The lowest BCUT2D eigenvalue weighted by atomic mass is 9.55. The van der Waals surface area contributed by atoms with Gasteiger partial charge < -0.3 is 14.2 Å². The van der Waals surface area contributed by atoms with E-state index < -0.39 is 12.8 Å². The van der Waals surface area contributed by atoms with Crippen LogP contribution in [0.5, 0.6) is 5.75 Å². The molecule has 0 saturated heterocycles. The molecule has 0 aliphatic heterocycles. The van der Waals surface area contributed by atoms with Crippen LogP contribution in [0.3, 0.4) is 0 Å². The third-order valence-corrected chi connectivity index (χ3v) is 8.88. The fourth-order valence-corrected chi connectivity index (χ4v) is 7.19. The lowest BCUT2D eigenvalue weighted by Crippen LogP contribution is -2.44. The van der Waals surface area contributed by atoms with E-state index in [9.17, 15) is 13.2 Å². The number of ether oxygens (including phenoxy) is 3. The summed E-state index contributed by atoms with van der Waals surface area (Å²) in [6.45, 7) is 10.4. The Morgan fingerprint density at radius 1 is 0.900 bits per heavy atom. The summed E-state index contributed by atoms with van der Waals surface area (Å²) >= 11 is 0. The van der Waals surface area contributed by atoms with Crippen LogP contribution in [0, 0.1) is 17.3 Å². The van der Waals surface area contributed by atoms with Gasteiger partial charge in [-0.3, -0.25) is 0 Å². The Bertz CT molecular complexity index is 1010. The van der Waals surface area contributed by atoms with E-state index in [1.54, 1.807) is 0 Å². The van der Waals surface area contributed by atoms with Gasteiger partial charge in [-0.1, -0.05) is 71.0 Å². The second-order valence-electron chi connectivity index (χ2n) is 11.1. The molecule has 2 fully saturated rings. The van der Waals surface area contributed by atoms with Gasteiger partial charge in [0.15, 0.2) is 0 Å². The van der Waals surface area contributed by atoms with E-state index in [4.69, 9.17) is 14.2 Å². The first-order valence-corrected chi connectivity index (χ1v) is 15.4. The molecular formula is C34H49F3O3. The molecule has 2 aromatic carbocycles. The van der Waals surface area contributed by atoms with E-state index in [2.05, 4.69) is 37.3 Å². The maximum absolute atomic E-state index is 12.2. The topological polar surface area (TPSA) is 27.7 Å². The first kappa shape index (κ1) is 32.5. The lowest BCUT2D eigenvalue weighted by molar-refractivity contribution is -0.175. The van der Waals surface area contributed by atoms with Crippen LogP contribution in [0.2, 0.25) is 0 Å². The number of aryl methyl sites for hydroxylation is 1. The average molecular weight is 563 g/mol. The number of rotatable bonds is 9. The van der Waals surface area contributed by atoms with Gasteiger partial charge in [0.2, 0.25) is 0 Å². The van der Waals surface area contributed by atoms with Crippen molar-refractivity contribution in [1.29, 1.82) is 0 Å². The molecule has 3 nitrogen and oxygen atoms in total. The molecule has 0 bridgehead atoms. The van der Waals surface area contributed by atoms with E-state index in [-0.39, 0.29) is 18.1 Å². The second-order valence-corrected chi connectivity index (χ2v) is 11.1. The van der Waals surface area contributed by atoms with Crippen LogP contribution in [0.4, 0.5) is 13.2 Å². The van der Waals surface area contributed by atoms with Crippen LogP contribution in [-0.4, -0.2) is 32.1 Å². The quantitative estimate of drug-likeness (QED) is 0.285. The fraction of sp³-hybridized carbons (Fsp3) is 0.647. The molecule has 0 spiro atoms. The predicted octanol–water partition coefficient (Wildman–Crippen LogP) is 9.53. The Hall–Kier alpha value is -2.05. The Kier molecular flexibility index (Phi) is 12.4. The molecule has 0 N–H and O–H groups in total. The molecule has 2 saturated carbocycles. The van der Waals surface area contributed by atoms with E-state index in [1.165, 1.54) is 36.0 Å². The number of benzene rings is 2. The summed E-state index contributed by atoms with van der Waals surface area (Å²) in [4.78, 5) is 0. The van der Waals surface area contributed by atoms with Crippen molar-refractivity contribution < 1.29 is 27.4 Å². The minimum atomic E-state index is -4.26. The number of fused-ring (bicyclic) bond motifs is 5. The van der Waals surface area contributed by atoms with Crippen LogP contribution >= 0.6 is 0 Å². The minimum Gasteiger partial charge on any atom is -0.489 e. The van der Waals surface area contributed by atoms with Crippen LogP contribution in [0.1, 0.15) is 95.8 Å². The summed E-state index contributed by atoms with van der Waals surface area (Å²) in [6, 6.07) is 17.0. The van der Waals surface area contributed by atoms with Crippen molar-refractivity contribution >= 4 is 0 Å². The monoisotopic (exact) mass is 562 g/mol. The molecule has 3 aliphatic carbocycles. The molecule has 5 atom stereocenters. The largest absolute Gasteiger partial charge is 0.489 e. The highest BCUT2D eigenvalue weighted by molar-refractivity contribution is 5.41. The number of hydrogen-bond donors (Lipinski definition) is 0. The van der Waals surface area contributed by atoms with Gasteiger partial charge in [0.25, 0.3) is 0 Å². The van der Waals surface area contributed by atoms with Gasteiger partial charge in [0.1, 0.15) is 19.0 Å². The summed E-state index contributed by atoms with van der Waals surface area (Å²) in [6.07, 6.45) is 3.27. The highest BCUT2D eigenvalue weighted by atomic mass is 19.4. The van der Waals surface area contributed by atoms with Crippen LogP contribution in [0.15, 0.2) is 48.5 Å². The number of alkyl halides is 3. The molecule has 0 aromatic heterocycles. The first-order valence-electron chi connectivity index (χ1n) is 15.4. The maximum Gasteiger partial charge on any atom is 0.411 e. The van der Waals surface area contributed by atoms with Crippen molar-refractivity contribution in [3.8, 4) is 5.75 Å². The molecule has 224 valence electrons. The van der Waals surface area contributed by atoms with Gasteiger partial charge in [-0.2, -0.15) is 13.2 Å². The maximum atomic E-state index is 12.2. The third-order valence-electron chi connectivity index (χ3n) is 8.88. The number of hydrogen-bond acceptors (Lipinski definition) is 3. The molecule has 0 heterocycles. The summed E-state index contributed by atoms with van der Waals surface area (Å²) in [5, 5.41) is 0. The van der Waals surface area contributed by atoms with Gasteiger partial charge in [-0.15, -0.1) is 0 Å².